The van der Waals surface area contributed by atoms with Crippen LogP contribution in [0.25, 0.3) is 0 Å². The minimum Gasteiger partial charge on any atom is -0.481 e. The molecule has 0 aliphatic heterocycles. The lowest BCUT2D eigenvalue weighted by Gasteiger charge is -2.35. The van der Waals surface area contributed by atoms with Crippen LogP contribution in [-0.2, 0) is 9.59 Å². The van der Waals surface area contributed by atoms with E-state index >= 15 is 0 Å². The van der Waals surface area contributed by atoms with Gasteiger partial charge in [-0.3, -0.25) is 9.59 Å². The standard InChI is InChI=1S/C13H24N2O3/c1-3-13(4-2,9-14)12(18)15(10-5-6-10)8-7-11(16)17/h10H,3-9,14H2,1-2H3,(H,16,17). The molecule has 0 unspecified atom stereocenters. The van der Waals surface area contributed by atoms with Crippen LogP contribution >= 0.6 is 0 Å². The van der Waals surface area contributed by atoms with Crippen LogP contribution in [-0.4, -0.2) is 41.0 Å². The summed E-state index contributed by atoms with van der Waals surface area (Å²) in [7, 11) is 0. The maximum atomic E-state index is 12.6. The third kappa shape index (κ3) is 3.22. The number of carbonyl (C=O) groups excluding carboxylic acids is 1. The fourth-order valence-corrected chi connectivity index (χ4v) is 2.29. The van der Waals surface area contributed by atoms with Gasteiger partial charge in [0.25, 0.3) is 0 Å². The first-order valence-corrected chi connectivity index (χ1v) is 6.73. The molecule has 0 bridgehead atoms. The normalized spacial score (nSPS) is 15.5. The van der Waals surface area contributed by atoms with E-state index in [1.807, 2.05) is 13.8 Å². The van der Waals surface area contributed by atoms with E-state index in [1.54, 1.807) is 4.90 Å². The smallest absolute Gasteiger partial charge is 0.305 e. The zero-order chi connectivity index (χ0) is 13.8. The van der Waals surface area contributed by atoms with E-state index in [1.165, 1.54) is 0 Å². The fraction of sp³-hybridized carbons (Fsp3) is 0.846. The number of hydrogen-bond donors (Lipinski definition) is 2. The molecular weight excluding hydrogens is 232 g/mol. The third-order valence-corrected chi connectivity index (χ3v) is 4.01. The maximum Gasteiger partial charge on any atom is 0.305 e. The summed E-state index contributed by atoms with van der Waals surface area (Å²) in [6.45, 7) is 4.57. The number of nitrogens with two attached hydrogens (primary N) is 1. The van der Waals surface area contributed by atoms with Gasteiger partial charge in [0.15, 0.2) is 0 Å². The molecule has 1 amide bonds. The van der Waals surface area contributed by atoms with Crippen LogP contribution in [0.3, 0.4) is 0 Å². The zero-order valence-corrected chi connectivity index (χ0v) is 11.3. The summed E-state index contributed by atoms with van der Waals surface area (Å²) in [5, 5.41) is 8.76. The Balaban J connectivity index is 2.77. The Kier molecular flexibility index (Phi) is 5.14. The highest BCUT2D eigenvalue weighted by Gasteiger charge is 2.42. The van der Waals surface area contributed by atoms with Crippen molar-refractivity contribution in [1.82, 2.24) is 4.90 Å². The number of rotatable bonds is 8. The molecule has 0 spiro atoms. The van der Waals surface area contributed by atoms with Crippen LogP contribution in [0.4, 0.5) is 0 Å². The highest BCUT2D eigenvalue weighted by molar-refractivity contribution is 5.84. The average Bonchev–Trinajstić information content (AvgIpc) is 3.16. The predicted octanol–water partition coefficient (Wildman–Crippen LogP) is 1.22. The van der Waals surface area contributed by atoms with Crippen molar-refractivity contribution >= 4 is 11.9 Å². The summed E-state index contributed by atoms with van der Waals surface area (Å²) in [6.07, 6.45) is 3.39. The number of nitrogens with zero attached hydrogens (tertiary/aromatic N) is 1. The molecule has 0 aromatic rings. The molecule has 104 valence electrons. The number of hydrogen-bond acceptors (Lipinski definition) is 3. The highest BCUT2D eigenvalue weighted by Crippen LogP contribution is 2.34. The van der Waals surface area contributed by atoms with Gasteiger partial charge < -0.3 is 15.7 Å². The van der Waals surface area contributed by atoms with Crippen molar-refractivity contribution in [2.24, 2.45) is 11.1 Å². The Labute approximate surface area is 108 Å². The average molecular weight is 256 g/mol. The van der Waals surface area contributed by atoms with Crippen molar-refractivity contribution in [3.05, 3.63) is 0 Å². The molecule has 1 aliphatic carbocycles. The number of carboxylic acids is 1. The van der Waals surface area contributed by atoms with Gasteiger partial charge in [0.1, 0.15) is 0 Å². The van der Waals surface area contributed by atoms with Crippen molar-refractivity contribution in [1.29, 1.82) is 0 Å². The predicted molar refractivity (Wildman–Crippen MR) is 69.1 cm³/mol. The molecule has 1 aliphatic rings. The first kappa shape index (κ1) is 15.0. The molecule has 1 saturated carbocycles. The van der Waals surface area contributed by atoms with Crippen LogP contribution in [0.1, 0.15) is 46.0 Å². The molecule has 1 rings (SSSR count). The van der Waals surface area contributed by atoms with Crippen molar-refractivity contribution in [2.75, 3.05) is 13.1 Å². The molecule has 5 heteroatoms. The Morgan fingerprint density at radius 1 is 1.33 bits per heavy atom. The molecule has 1 fully saturated rings. The second-order valence-electron chi connectivity index (χ2n) is 5.07. The summed E-state index contributed by atoms with van der Waals surface area (Å²) >= 11 is 0. The maximum absolute atomic E-state index is 12.6. The minimum atomic E-state index is -0.861. The minimum absolute atomic E-state index is 0.0102. The second kappa shape index (κ2) is 6.18. The quantitative estimate of drug-likeness (QED) is 0.684. The van der Waals surface area contributed by atoms with Crippen molar-refractivity contribution < 1.29 is 14.7 Å². The number of carboxylic acid groups (broad SMARTS) is 1. The largest absolute Gasteiger partial charge is 0.481 e. The Bertz CT molecular complexity index is 301. The van der Waals surface area contributed by atoms with Crippen LogP contribution in [0, 0.1) is 5.41 Å². The van der Waals surface area contributed by atoms with Gasteiger partial charge in [-0.25, -0.2) is 0 Å². The van der Waals surface area contributed by atoms with Gasteiger partial charge in [0.2, 0.25) is 5.91 Å². The van der Waals surface area contributed by atoms with E-state index in [4.69, 9.17) is 10.8 Å². The molecule has 3 N–H and O–H groups in total. The van der Waals surface area contributed by atoms with Gasteiger partial charge in [-0.15, -0.1) is 0 Å². The molecule has 0 aromatic heterocycles. The first-order valence-electron chi connectivity index (χ1n) is 6.73. The number of aliphatic carboxylic acids is 1. The van der Waals surface area contributed by atoms with Gasteiger partial charge >= 0.3 is 5.97 Å². The first-order chi connectivity index (χ1) is 8.50. The lowest BCUT2D eigenvalue weighted by Crippen LogP contribution is -2.49. The molecule has 0 radical (unpaired) electrons. The lowest BCUT2D eigenvalue weighted by atomic mass is 9.81. The topological polar surface area (TPSA) is 83.6 Å². The van der Waals surface area contributed by atoms with E-state index in [2.05, 4.69) is 0 Å². The van der Waals surface area contributed by atoms with Crippen molar-refractivity contribution in [3.8, 4) is 0 Å². The lowest BCUT2D eigenvalue weighted by molar-refractivity contribution is -0.144. The van der Waals surface area contributed by atoms with E-state index in [9.17, 15) is 9.59 Å². The van der Waals surface area contributed by atoms with Crippen LogP contribution in [0.2, 0.25) is 0 Å². The van der Waals surface area contributed by atoms with Gasteiger partial charge in [-0.05, 0) is 25.7 Å². The van der Waals surface area contributed by atoms with Crippen LogP contribution in [0.5, 0.6) is 0 Å². The second-order valence-corrected chi connectivity index (χ2v) is 5.07. The summed E-state index contributed by atoms with van der Waals surface area (Å²) < 4.78 is 0. The van der Waals surface area contributed by atoms with Crippen LogP contribution < -0.4 is 5.73 Å². The van der Waals surface area contributed by atoms with E-state index in [0.717, 1.165) is 12.8 Å². The third-order valence-electron chi connectivity index (χ3n) is 4.01. The van der Waals surface area contributed by atoms with Gasteiger partial charge in [0, 0.05) is 19.1 Å². The molecule has 0 heterocycles. The van der Waals surface area contributed by atoms with Gasteiger partial charge in [-0.2, -0.15) is 0 Å². The number of amides is 1. The molecule has 0 aromatic carbocycles. The van der Waals surface area contributed by atoms with E-state index < -0.39 is 11.4 Å². The zero-order valence-electron chi connectivity index (χ0n) is 11.3. The summed E-state index contributed by atoms with van der Waals surface area (Å²) in [5.41, 5.74) is 5.27. The van der Waals surface area contributed by atoms with E-state index in [0.29, 0.717) is 25.9 Å². The van der Waals surface area contributed by atoms with Crippen LogP contribution in [0.15, 0.2) is 0 Å². The summed E-state index contributed by atoms with van der Waals surface area (Å²) in [5.74, 6) is -0.821. The molecule has 5 nitrogen and oxygen atoms in total. The SMILES string of the molecule is CCC(CC)(CN)C(=O)N(CCC(=O)O)C1CC1. The van der Waals surface area contributed by atoms with Gasteiger partial charge in [-0.1, -0.05) is 13.8 Å². The molecule has 0 saturated heterocycles. The molecule has 0 atom stereocenters. The monoisotopic (exact) mass is 256 g/mol. The number of carbonyl (C=O) groups is 2. The molecule has 18 heavy (non-hydrogen) atoms. The summed E-state index contributed by atoms with van der Waals surface area (Å²) in [6, 6.07) is 0.237. The summed E-state index contributed by atoms with van der Waals surface area (Å²) in [4.78, 5) is 25.0. The Morgan fingerprint density at radius 2 is 1.89 bits per heavy atom. The Morgan fingerprint density at radius 3 is 2.22 bits per heavy atom. The van der Waals surface area contributed by atoms with Crippen molar-refractivity contribution in [2.45, 2.75) is 52.0 Å². The molecular formula is C13H24N2O3. The van der Waals surface area contributed by atoms with Gasteiger partial charge in [0.05, 0.1) is 11.8 Å². The fourth-order valence-electron chi connectivity index (χ4n) is 2.29. The van der Waals surface area contributed by atoms with Crippen molar-refractivity contribution in [3.63, 3.8) is 0 Å². The Hall–Kier alpha value is -1.10. The van der Waals surface area contributed by atoms with E-state index in [-0.39, 0.29) is 18.4 Å². The highest BCUT2D eigenvalue weighted by atomic mass is 16.4.